The summed E-state index contributed by atoms with van der Waals surface area (Å²) < 4.78 is 5.33. The maximum absolute atomic E-state index is 12.0. The monoisotopic (exact) mass is 260 g/mol. The lowest BCUT2D eigenvalue weighted by Crippen LogP contribution is -2.40. The fourth-order valence-corrected chi connectivity index (χ4v) is 1.93. The van der Waals surface area contributed by atoms with Gasteiger partial charge in [-0.1, -0.05) is 0 Å². The van der Waals surface area contributed by atoms with Crippen molar-refractivity contribution in [3.8, 4) is 6.07 Å². The largest absolute Gasteiger partial charge is 0.444 e. The van der Waals surface area contributed by atoms with Gasteiger partial charge in [-0.25, -0.2) is 14.8 Å². The van der Waals surface area contributed by atoms with Crippen LogP contribution in [0.1, 0.15) is 37.7 Å². The second-order valence-electron chi connectivity index (χ2n) is 5.41. The highest BCUT2D eigenvalue weighted by atomic mass is 16.6. The van der Waals surface area contributed by atoms with Gasteiger partial charge in [0.15, 0.2) is 0 Å². The molecule has 0 spiro atoms. The van der Waals surface area contributed by atoms with Crippen molar-refractivity contribution in [3.63, 3.8) is 0 Å². The molecule has 1 amide bonds. The van der Waals surface area contributed by atoms with Crippen LogP contribution < -0.4 is 0 Å². The molecule has 0 saturated heterocycles. The van der Waals surface area contributed by atoms with Crippen molar-refractivity contribution in [2.75, 3.05) is 6.54 Å². The smallest absolute Gasteiger partial charge is 0.410 e. The van der Waals surface area contributed by atoms with Crippen molar-refractivity contribution in [1.82, 2.24) is 14.9 Å². The molecule has 0 aromatic carbocycles. The van der Waals surface area contributed by atoms with E-state index in [2.05, 4.69) is 16.0 Å². The Hall–Kier alpha value is -2.16. The summed E-state index contributed by atoms with van der Waals surface area (Å²) in [6, 6.07) is 2.05. The molecule has 1 aliphatic heterocycles. The van der Waals surface area contributed by atoms with Crippen molar-refractivity contribution < 1.29 is 9.53 Å². The minimum atomic E-state index is -0.513. The number of amides is 1. The third-order valence-electron chi connectivity index (χ3n) is 2.76. The molecule has 6 heteroatoms. The van der Waals surface area contributed by atoms with Gasteiger partial charge in [-0.2, -0.15) is 5.26 Å². The van der Waals surface area contributed by atoms with E-state index in [9.17, 15) is 4.79 Å². The van der Waals surface area contributed by atoms with E-state index < -0.39 is 5.60 Å². The van der Waals surface area contributed by atoms with Gasteiger partial charge in [0, 0.05) is 12.1 Å². The predicted molar refractivity (Wildman–Crippen MR) is 67.1 cm³/mol. The summed E-state index contributed by atoms with van der Waals surface area (Å²) in [6.45, 7) is 6.38. The lowest BCUT2D eigenvalue weighted by atomic mass is 10.0. The summed E-state index contributed by atoms with van der Waals surface area (Å²) in [5, 5.41) is 8.98. The number of nitrogens with zero attached hydrogens (tertiary/aromatic N) is 4. The lowest BCUT2D eigenvalue weighted by molar-refractivity contribution is 0.0220. The quantitative estimate of drug-likeness (QED) is 0.708. The molecular weight excluding hydrogens is 244 g/mol. The molecule has 19 heavy (non-hydrogen) atoms. The minimum absolute atomic E-state index is 0.352. The van der Waals surface area contributed by atoms with Crippen molar-refractivity contribution in [2.45, 2.75) is 39.3 Å². The molecule has 0 unspecified atom stereocenters. The molecule has 1 aliphatic rings. The molecule has 6 nitrogen and oxygen atoms in total. The third-order valence-corrected chi connectivity index (χ3v) is 2.76. The van der Waals surface area contributed by atoms with E-state index >= 15 is 0 Å². The van der Waals surface area contributed by atoms with Crippen LogP contribution in [0.4, 0.5) is 4.79 Å². The van der Waals surface area contributed by atoms with Crippen LogP contribution in [-0.4, -0.2) is 33.1 Å². The maximum atomic E-state index is 12.0. The number of carbonyl (C=O) groups is 1. The van der Waals surface area contributed by atoms with E-state index in [-0.39, 0.29) is 6.09 Å². The summed E-state index contributed by atoms with van der Waals surface area (Å²) in [5.41, 5.74) is 1.45. The molecule has 0 fully saturated rings. The van der Waals surface area contributed by atoms with E-state index in [0.29, 0.717) is 25.2 Å². The van der Waals surface area contributed by atoms with E-state index in [1.54, 1.807) is 4.90 Å². The highest BCUT2D eigenvalue weighted by Gasteiger charge is 2.27. The van der Waals surface area contributed by atoms with Gasteiger partial charge in [-0.3, -0.25) is 0 Å². The molecule has 0 radical (unpaired) electrons. The third kappa shape index (κ3) is 2.99. The van der Waals surface area contributed by atoms with Crippen molar-refractivity contribution in [2.24, 2.45) is 0 Å². The van der Waals surface area contributed by atoms with Gasteiger partial charge in [0.1, 0.15) is 23.7 Å². The Morgan fingerprint density at radius 2 is 2.21 bits per heavy atom. The summed E-state index contributed by atoms with van der Waals surface area (Å²) in [5.74, 6) is 0. The molecule has 0 N–H and O–H groups in total. The highest BCUT2D eigenvalue weighted by Crippen LogP contribution is 2.20. The van der Waals surface area contributed by atoms with Crippen molar-refractivity contribution in [3.05, 3.63) is 23.3 Å². The Morgan fingerprint density at radius 3 is 2.84 bits per heavy atom. The molecule has 0 aliphatic carbocycles. The fourth-order valence-electron chi connectivity index (χ4n) is 1.93. The van der Waals surface area contributed by atoms with Gasteiger partial charge >= 0.3 is 6.09 Å². The zero-order valence-corrected chi connectivity index (χ0v) is 11.3. The molecular formula is C13H16N4O2. The number of rotatable bonds is 0. The Balaban J connectivity index is 2.15. The fraction of sp³-hybridized carbons (Fsp3) is 0.538. The lowest BCUT2D eigenvalue weighted by Gasteiger charge is -2.30. The molecule has 0 atom stereocenters. The van der Waals surface area contributed by atoms with Gasteiger partial charge in [0.2, 0.25) is 0 Å². The van der Waals surface area contributed by atoms with E-state index in [4.69, 9.17) is 10.00 Å². The molecule has 1 aromatic rings. The normalized spacial score (nSPS) is 14.5. The average molecular weight is 260 g/mol. The average Bonchev–Trinajstić information content (AvgIpc) is 2.35. The number of hydrogen-bond donors (Lipinski definition) is 0. The number of nitriles is 1. The van der Waals surface area contributed by atoms with Crippen LogP contribution in [0.15, 0.2) is 6.33 Å². The topological polar surface area (TPSA) is 79.1 Å². The molecule has 100 valence electrons. The predicted octanol–water partition coefficient (Wildman–Crippen LogP) is 1.64. The number of hydrogen-bond acceptors (Lipinski definition) is 5. The number of fused-ring (bicyclic) bond motifs is 1. The van der Waals surface area contributed by atoms with Gasteiger partial charge in [-0.05, 0) is 27.2 Å². The van der Waals surface area contributed by atoms with Crippen LogP contribution in [0.25, 0.3) is 0 Å². The van der Waals surface area contributed by atoms with Crippen LogP contribution >= 0.6 is 0 Å². The van der Waals surface area contributed by atoms with Crippen LogP contribution in [0, 0.1) is 11.3 Å². The zero-order chi connectivity index (χ0) is 14.0. The molecule has 0 bridgehead atoms. The number of carbonyl (C=O) groups excluding carboxylic acids is 1. The van der Waals surface area contributed by atoms with Gasteiger partial charge in [0.25, 0.3) is 0 Å². The second-order valence-corrected chi connectivity index (χ2v) is 5.41. The minimum Gasteiger partial charge on any atom is -0.444 e. The molecule has 2 rings (SSSR count). The SMILES string of the molecule is CC(C)(C)OC(=O)N1CCc2c(C#N)ncnc2C1. The van der Waals surface area contributed by atoms with Crippen LogP contribution in [0.5, 0.6) is 0 Å². The first-order valence-electron chi connectivity index (χ1n) is 6.11. The van der Waals surface area contributed by atoms with Gasteiger partial charge in [0.05, 0.1) is 12.2 Å². The maximum Gasteiger partial charge on any atom is 0.410 e. The van der Waals surface area contributed by atoms with Crippen LogP contribution in [-0.2, 0) is 17.7 Å². The van der Waals surface area contributed by atoms with Gasteiger partial charge < -0.3 is 9.64 Å². The summed E-state index contributed by atoms with van der Waals surface area (Å²) in [7, 11) is 0. The zero-order valence-electron chi connectivity index (χ0n) is 11.3. The first-order valence-corrected chi connectivity index (χ1v) is 6.11. The van der Waals surface area contributed by atoms with E-state index in [1.165, 1.54) is 6.33 Å². The van der Waals surface area contributed by atoms with Gasteiger partial charge in [-0.15, -0.1) is 0 Å². The Morgan fingerprint density at radius 1 is 1.47 bits per heavy atom. The highest BCUT2D eigenvalue weighted by molar-refractivity contribution is 5.68. The summed E-state index contributed by atoms with van der Waals surface area (Å²) in [6.07, 6.45) is 1.59. The molecule has 0 saturated carbocycles. The Bertz CT molecular complexity index is 543. The number of aromatic nitrogens is 2. The first kappa shape index (κ1) is 13.3. The second kappa shape index (κ2) is 4.84. The van der Waals surface area contributed by atoms with E-state index in [0.717, 1.165) is 11.3 Å². The van der Waals surface area contributed by atoms with Crippen LogP contribution in [0.3, 0.4) is 0 Å². The summed E-state index contributed by atoms with van der Waals surface area (Å²) >= 11 is 0. The number of ether oxygens (including phenoxy) is 1. The summed E-state index contributed by atoms with van der Waals surface area (Å²) in [4.78, 5) is 21.7. The van der Waals surface area contributed by atoms with E-state index in [1.807, 2.05) is 20.8 Å². The Kier molecular flexibility index (Phi) is 3.38. The molecule has 2 heterocycles. The first-order chi connectivity index (χ1) is 8.90. The van der Waals surface area contributed by atoms with Crippen LogP contribution in [0.2, 0.25) is 0 Å². The van der Waals surface area contributed by atoms with Crippen molar-refractivity contribution >= 4 is 6.09 Å². The standard InChI is InChI=1S/C13H16N4O2/c1-13(2,3)19-12(18)17-5-4-9-10(6-14)15-8-16-11(9)7-17/h8H,4-5,7H2,1-3H3. The van der Waals surface area contributed by atoms with Crippen molar-refractivity contribution in [1.29, 1.82) is 5.26 Å². The Labute approximate surface area is 112 Å². The molecule has 1 aromatic heterocycles.